The molecular weight excluding hydrogens is 761 g/mol. The molecule has 0 aliphatic rings. The molecule has 4 aromatic carbocycles. The second-order valence-corrected chi connectivity index (χ2v) is 11.6. The molecule has 11 rings (SSSR count). The van der Waals surface area contributed by atoms with Crippen molar-refractivity contribution in [3.63, 3.8) is 0 Å². The minimum atomic E-state index is 0. The van der Waals surface area contributed by atoms with E-state index in [0.717, 1.165) is 88.0 Å². The van der Waals surface area contributed by atoms with Crippen molar-refractivity contribution in [3.8, 4) is 0 Å². The van der Waals surface area contributed by atoms with Crippen LogP contribution in [0.15, 0.2) is 129 Å². The summed E-state index contributed by atoms with van der Waals surface area (Å²) in [5.41, 5.74) is 11.5. The predicted molar refractivity (Wildman–Crippen MR) is 198 cm³/mol. The van der Waals surface area contributed by atoms with Crippen molar-refractivity contribution in [3.05, 3.63) is 134 Å². The van der Waals surface area contributed by atoms with Crippen LogP contribution >= 0.6 is 11.6 Å². The summed E-state index contributed by atoms with van der Waals surface area (Å²) in [5.74, 6) is 0. The molecule has 0 saturated carbocycles. The van der Waals surface area contributed by atoms with Gasteiger partial charge in [0.2, 0.25) is 0 Å². The second kappa shape index (κ2) is 14.1. The summed E-state index contributed by atoms with van der Waals surface area (Å²) in [5, 5.41) is 2.55. The maximum absolute atomic E-state index is 6.09. The molecule has 0 amide bonds. The summed E-state index contributed by atoms with van der Waals surface area (Å²) in [6.07, 6.45) is 16.9. The minimum Gasteiger partial charge on any atom is -0.254 e. The molecule has 0 atom stereocenters. The van der Waals surface area contributed by atoms with Gasteiger partial charge in [-0.3, -0.25) is 49.8 Å². The van der Waals surface area contributed by atoms with E-state index < -0.39 is 0 Å². The molecule has 14 heteroatoms. The summed E-state index contributed by atoms with van der Waals surface area (Å²) < 4.78 is 0. The van der Waals surface area contributed by atoms with E-state index in [1.165, 1.54) is 0 Å². The van der Waals surface area contributed by atoms with E-state index in [9.17, 15) is 0 Å². The first-order valence-electron chi connectivity index (χ1n) is 15.7. The Morgan fingerprint density at radius 3 is 1.08 bits per heavy atom. The van der Waals surface area contributed by atoms with Crippen molar-refractivity contribution in [2.45, 2.75) is 0 Å². The van der Waals surface area contributed by atoms with Crippen molar-refractivity contribution >= 4 is 99.6 Å². The van der Waals surface area contributed by atoms with Gasteiger partial charge in [-0.05, 0) is 66.7 Å². The molecule has 0 aliphatic heterocycles. The molecule has 0 bridgehead atoms. The van der Waals surface area contributed by atoms with Crippen LogP contribution in [-0.2, 0) is 19.5 Å². The number of hydrogen-bond acceptors (Lipinski definition) is 12. The Kier molecular flexibility index (Phi) is 8.86. The van der Waals surface area contributed by atoms with Crippen molar-refractivity contribution < 1.29 is 19.5 Å². The number of aromatic nitrogens is 12. The van der Waals surface area contributed by atoms with Crippen LogP contribution in [0.1, 0.15) is 0 Å². The molecule has 0 saturated heterocycles. The maximum atomic E-state index is 6.09. The van der Waals surface area contributed by atoms with Gasteiger partial charge in [-0.1, -0.05) is 11.6 Å². The van der Waals surface area contributed by atoms with E-state index >= 15 is 0 Å². The molecule has 12 nitrogen and oxygen atoms in total. The van der Waals surface area contributed by atoms with Crippen molar-refractivity contribution in [2.75, 3.05) is 0 Å². The molecule has 0 spiro atoms. The first-order valence-corrected chi connectivity index (χ1v) is 16.1. The van der Waals surface area contributed by atoms with E-state index in [-0.39, 0.29) is 19.5 Å². The molecule has 0 radical (unpaired) electrons. The molecule has 7 heterocycles. The molecule has 11 aromatic rings. The molecule has 52 heavy (non-hydrogen) atoms. The molecule has 0 N–H and O–H groups in total. The van der Waals surface area contributed by atoms with Crippen molar-refractivity contribution in [1.29, 1.82) is 0 Å². The minimum absolute atomic E-state index is 0. The second-order valence-electron chi connectivity index (χ2n) is 11.2. The van der Waals surface area contributed by atoms with Gasteiger partial charge < -0.3 is 0 Å². The number of nitrogens with zero attached hydrogens (tertiary/aromatic N) is 12. The number of hydrogen-bond donors (Lipinski definition) is 0. The fourth-order valence-corrected chi connectivity index (χ4v) is 6.07. The third-order valence-corrected chi connectivity index (χ3v) is 8.36. The maximum Gasteiger partial charge on any atom is 0.116 e. The van der Waals surface area contributed by atoms with Gasteiger partial charge in [-0.2, -0.15) is 0 Å². The number of rotatable bonds is 0. The monoisotopic (exact) mass is 782 g/mol. The van der Waals surface area contributed by atoms with Gasteiger partial charge >= 0.3 is 0 Å². The Morgan fingerprint density at radius 2 is 0.654 bits per heavy atom. The van der Waals surface area contributed by atoms with Gasteiger partial charge in [0.25, 0.3) is 0 Å². The predicted octanol–water partition coefficient (Wildman–Crippen LogP) is 7.68. The topological polar surface area (TPSA) is 155 Å². The number of benzene rings is 4. The number of fused-ring (bicyclic) bond motifs is 13. The average Bonchev–Trinajstić information content (AvgIpc) is 3.21. The zero-order valence-electron chi connectivity index (χ0n) is 26.7. The van der Waals surface area contributed by atoms with Gasteiger partial charge in [0.05, 0.1) is 55.2 Å². The molecule has 0 aliphatic carbocycles. The van der Waals surface area contributed by atoms with E-state index in [0.29, 0.717) is 5.02 Å². The molecular formula is C38H21ClN12Ru. The fourth-order valence-electron chi connectivity index (χ4n) is 5.90. The third kappa shape index (κ3) is 6.02. The first-order chi connectivity index (χ1) is 25.2. The summed E-state index contributed by atoms with van der Waals surface area (Å²) in [7, 11) is 0. The Balaban J connectivity index is 0.000000116. The Morgan fingerprint density at radius 1 is 0.308 bits per heavy atom. The van der Waals surface area contributed by atoms with Crippen LogP contribution in [0.4, 0.5) is 0 Å². The van der Waals surface area contributed by atoms with Gasteiger partial charge in [-0.25, -0.2) is 9.97 Å². The molecule has 7 aromatic heterocycles. The van der Waals surface area contributed by atoms with E-state index in [1.807, 2.05) is 66.7 Å². The molecule has 248 valence electrons. The first kappa shape index (κ1) is 32.8. The van der Waals surface area contributed by atoms with Gasteiger partial charge in [0.15, 0.2) is 0 Å². The van der Waals surface area contributed by atoms with Gasteiger partial charge in [0.1, 0.15) is 22.1 Å². The SMILES string of the molecule is Clc1ccc2nc3c4cccnc4c4ncccc4c3nc2c1.[Ru].c1cnc2c(ccc3nccnc32)n1.c1cnc2c(ccc3nccnc32)n1. The van der Waals surface area contributed by atoms with Gasteiger partial charge in [-0.15, -0.1) is 0 Å². The average molecular weight is 782 g/mol. The van der Waals surface area contributed by atoms with Crippen molar-refractivity contribution in [1.82, 2.24) is 59.8 Å². The normalized spacial score (nSPS) is 11.0. The van der Waals surface area contributed by atoms with Gasteiger partial charge in [0, 0.05) is 97.2 Å². The zero-order chi connectivity index (χ0) is 34.1. The summed E-state index contributed by atoms with van der Waals surface area (Å²) in [6, 6.07) is 21.0. The zero-order valence-corrected chi connectivity index (χ0v) is 29.2. The Hall–Kier alpha value is -6.43. The van der Waals surface area contributed by atoms with Crippen LogP contribution in [-0.4, -0.2) is 59.8 Å². The van der Waals surface area contributed by atoms with Crippen LogP contribution in [0, 0.1) is 0 Å². The molecule has 0 fully saturated rings. The van der Waals surface area contributed by atoms with Crippen LogP contribution in [0.2, 0.25) is 5.02 Å². The third-order valence-electron chi connectivity index (χ3n) is 8.13. The van der Waals surface area contributed by atoms with E-state index in [4.69, 9.17) is 21.6 Å². The van der Waals surface area contributed by atoms with Crippen LogP contribution in [0.3, 0.4) is 0 Å². The smallest absolute Gasteiger partial charge is 0.116 e. The molecule has 0 unspecified atom stereocenters. The standard InChI is InChI=1S/C18H9ClN4.2C10H6N4.Ru/c19-10-5-6-13-14(9-10)23-18-12-4-2-8-21-16(12)15-11(17(18)22-13)3-1-7-20-15;2*1-2-8-10(14-6-4-12-8)9-7(1)11-3-5-13-9;/h1-9H;2*1-6H;. The summed E-state index contributed by atoms with van der Waals surface area (Å²) >= 11 is 6.09. The summed E-state index contributed by atoms with van der Waals surface area (Å²) in [4.78, 5) is 52.4. The number of halogens is 1. The fraction of sp³-hybridized carbons (Fsp3) is 0. The Labute approximate surface area is 311 Å². The van der Waals surface area contributed by atoms with E-state index in [1.54, 1.807) is 62.0 Å². The van der Waals surface area contributed by atoms with Crippen LogP contribution in [0.25, 0.3) is 88.0 Å². The van der Waals surface area contributed by atoms with E-state index in [2.05, 4.69) is 49.8 Å². The Bertz CT molecular complexity index is 2870. The van der Waals surface area contributed by atoms with Crippen LogP contribution in [0.5, 0.6) is 0 Å². The quantitative estimate of drug-likeness (QED) is 0.0842. The number of pyridine rings is 2. The van der Waals surface area contributed by atoms with Crippen molar-refractivity contribution in [2.24, 2.45) is 0 Å². The summed E-state index contributed by atoms with van der Waals surface area (Å²) in [6.45, 7) is 0. The largest absolute Gasteiger partial charge is 0.254 e. The van der Waals surface area contributed by atoms with Crippen LogP contribution < -0.4 is 0 Å².